The molecule has 0 bridgehead atoms. The second kappa shape index (κ2) is 8.21. The summed E-state index contributed by atoms with van der Waals surface area (Å²) in [6, 6.07) is 11.1. The Labute approximate surface area is 208 Å². The number of benzene rings is 1. The van der Waals surface area contributed by atoms with Crippen LogP contribution in [0.3, 0.4) is 0 Å². The molecule has 1 aromatic carbocycles. The molecule has 3 aliphatic rings. The maximum Gasteiger partial charge on any atom is 0.319 e. The van der Waals surface area contributed by atoms with Crippen molar-refractivity contribution < 1.29 is 13.5 Å². The van der Waals surface area contributed by atoms with Crippen LogP contribution in [-0.2, 0) is 0 Å². The molecule has 8 heteroatoms. The Balaban J connectivity index is 0.997. The SMILES string of the molecule is CN1CC2(C1)CN(C[C@H]1C[C@H](Oc3ccc(-c4ccc5c6cnccc6n(C(F)F)c5c4)cn3)C1)C2. The average molecular weight is 490 g/mol. The van der Waals surface area contributed by atoms with Gasteiger partial charge in [0.1, 0.15) is 6.10 Å². The van der Waals surface area contributed by atoms with E-state index in [0.717, 1.165) is 39.3 Å². The Morgan fingerprint density at radius 1 is 0.972 bits per heavy atom. The van der Waals surface area contributed by atoms with Gasteiger partial charge in [0.05, 0.1) is 11.0 Å². The number of likely N-dealkylation sites (tertiary alicyclic amines) is 2. The fraction of sp³-hybridized carbons (Fsp3) is 0.429. The monoisotopic (exact) mass is 489 g/mol. The minimum Gasteiger partial charge on any atom is -0.474 e. The first-order chi connectivity index (χ1) is 17.5. The lowest BCUT2D eigenvalue weighted by atomic mass is 9.72. The summed E-state index contributed by atoms with van der Waals surface area (Å²) in [6.07, 6.45) is 7.33. The molecular weight excluding hydrogens is 460 g/mol. The van der Waals surface area contributed by atoms with Gasteiger partial charge in [0.25, 0.3) is 0 Å². The zero-order valence-corrected chi connectivity index (χ0v) is 20.3. The number of halogens is 2. The highest BCUT2D eigenvalue weighted by Gasteiger charge is 2.50. The molecule has 3 aromatic heterocycles. The van der Waals surface area contributed by atoms with Gasteiger partial charge in [0, 0.05) is 79.1 Å². The zero-order chi connectivity index (χ0) is 24.4. The standard InChI is InChI=1S/C28H29F2N5O/c1-33-14-28(15-33)16-34(17-28)13-18-8-21(9-18)36-26-5-3-20(11-32-26)19-2-4-22-23-12-31-7-6-24(23)35(27(29)30)25(22)10-19/h2-7,10-12,18,21,27H,8-9,13-17H2,1H3/t18-,21-. The molecule has 36 heavy (non-hydrogen) atoms. The Hall–Kier alpha value is -3.10. The molecule has 7 rings (SSSR count). The highest BCUT2D eigenvalue weighted by molar-refractivity contribution is 6.08. The fourth-order valence-electron chi connectivity index (χ4n) is 6.69. The third-order valence-corrected chi connectivity index (χ3v) is 8.19. The van der Waals surface area contributed by atoms with E-state index in [-0.39, 0.29) is 6.10 Å². The summed E-state index contributed by atoms with van der Waals surface area (Å²) in [4.78, 5) is 13.6. The van der Waals surface area contributed by atoms with Crippen molar-refractivity contribution in [3.05, 3.63) is 55.0 Å². The minimum atomic E-state index is -2.63. The van der Waals surface area contributed by atoms with Crippen molar-refractivity contribution >= 4 is 21.8 Å². The first kappa shape index (κ1) is 22.1. The minimum absolute atomic E-state index is 0.227. The number of rotatable bonds is 6. The number of hydrogen-bond acceptors (Lipinski definition) is 5. The van der Waals surface area contributed by atoms with Crippen LogP contribution >= 0.6 is 0 Å². The van der Waals surface area contributed by atoms with Crippen LogP contribution in [0.2, 0.25) is 0 Å². The summed E-state index contributed by atoms with van der Waals surface area (Å²) in [5.41, 5.74) is 3.28. The Kier molecular flexibility index (Phi) is 5.05. The predicted molar refractivity (Wildman–Crippen MR) is 135 cm³/mol. The molecular formula is C28H29F2N5O. The molecule has 0 unspecified atom stereocenters. The van der Waals surface area contributed by atoms with Gasteiger partial charge in [-0.15, -0.1) is 0 Å². The predicted octanol–water partition coefficient (Wildman–Crippen LogP) is 5.05. The van der Waals surface area contributed by atoms with Crippen LogP contribution in [0.25, 0.3) is 32.9 Å². The number of alkyl halides is 2. The van der Waals surface area contributed by atoms with Crippen LogP contribution in [0.15, 0.2) is 55.0 Å². The molecule has 4 aromatic rings. The maximum absolute atomic E-state index is 13.9. The van der Waals surface area contributed by atoms with Gasteiger partial charge in [-0.05, 0) is 49.6 Å². The van der Waals surface area contributed by atoms with Crippen molar-refractivity contribution in [2.45, 2.75) is 25.5 Å². The smallest absolute Gasteiger partial charge is 0.319 e. The van der Waals surface area contributed by atoms with Gasteiger partial charge in [0.2, 0.25) is 5.88 Å². The maximum atomic E-state index is 13.9. The van der Waals surface area contributed by atoms with Crippen LogP contribution < -0.4 is 4.74 Å². The number of hydrogen-bond donors (Lipinski definition) is 0. The van der Waals surface area contributed by atoms with Gasteiger partial charge in [0.15, 0.2) is 0 Å². The molecule has 2 aliphatic heterocycles. The number of aromatic nitrogens is 3. The third-order valence-electron chi connectivity index (χ3n) is 8.19. The lowest BCUT2D eigenvalue weighted by Gasteiger charge is -2.60. The molecule has 1 aliphatic carbocycles. The fourth-order valence-corrected chi connectivity index (χ4v) is 6.69. The van der Waals surface area contributed by atoms with E-state index < -0.39 is 6.55 Å². The van der Waals surface area contributed by atoms with Crippen molar-refractivity contribution in [1.82, 2.24) is 24.3 Å². The summed E-state index contributed by atoms with van der Waals surface area (Å²) < 4.78 is 35.0. The van der Waals surface area contributed by atoms with Crippen LogP contribution in [0.4, 0.5) is 8.78 Å². The van der Waals surface area contributed by atoms with E-state index in [1.807, 2.05) is 24.3 Å². The number of fused-ring (bicyclic) bond motifs is 3. The average Bonchev–Trinajstić information content (AvgIpc) is 3.14. The van der Waals surface area contributed by atoms with Gasteiger partial charge in [-0.3, -0.25) is 9.55 Å². The molecule has 3 fully saturated rings. The molecule has 1 spiro atoms. The second-order valence-electron chi connectivity index (χ2n) is 11.1. The Morgan fingerprint density at radius 3 is 2.50 bits per heavy atom. The molecule has 0 N–H and O–H groups in total. The topological polar surface area (TPSA) is 46.4 Å². The zero-order valence-electron chi connectivity index (χ0n) is 20.3. The van der Waals surface area contributed by atoms with Gasteiger partial charge in [-0.25, -0.2) is 4.98 Å². The van der Waals surface area contributed by atoms with Gasteiger partial charge in [-0.1, -0.05) is 12.1 Å². The summed E-state index contributed by atoms with van der Waals surface area (Å²) in [5, 5.41) is 1.49. The Bertz CT molecular complexity index is 1420. The van der Waals surface area contributed by atoms with E-state index in [1.165, 1.54) is 32.7 Å². The summed E-state index contributed by atoms with van der Waals surface area (Å²) in [5.74, 6) is 1.34. The van der Waals surface area contributed by atoms with Crippen molar-refractivity contribution in [1.29, 1.82) is 0 Å². The first-order valence-corrected chi connectivity index (χ1v) is 12.7. The molecule has 0 amide bonds. The largest absolute Gasteiger partial charge is 0.474 e. The van der Waals surface area contributed by atoms with E-state index in [9.17, 15) is 8.78 Å². The van der Waals surface area contributed by atoms with Gasteiger partial charge >= 0.3 is 6.55 Å². The molecule has 6 nitrogen and oxygen atoms in total. The molecule has 1 saturated carbocycles. The molecule has 0 radical (unpaired) electrons. The first-order valence-electron chi connectivity index (χ1n) is 12.7. The van der Waals surface area contributed by atoms with Crippen molar-refractivity contribution in [2.24, 2.45) is 11.3 Å². The van der Waals surface area contributed by atoms with Gasteiger partial charge in [-0.2, -0.15) is 8.78 Å². The molecule has 0 atom stereocenters. The van der Waals surface area contributed by atoms with Crippen molar-refractivity contribution in [3.63, 3.8) is 0 Å². The normalized spacial score (nSPS) is 23.7. The molecule has 186 valence electrons. The third kappa shape index (κ3) is 3.66. The van der Waals surface area contributed by atoms with Crippen LogP contribution in [0.1, 0.15) is 19.4 Å². The molecule has 2 saturated heterocycles. The van der Waals surface area contributed by atoms with E-state index >= 15 is 0 Å². The van der Waals surface area contributed by atoms with Crippen LogP contribution in [-0.4, -0.2) is 70.2 Å². The summed E-state index contributed by atoms with van der Waals surface area (Å²) >= 11 is 0. The van der Waals surface area contributed by atoms with E-state index in [2.05, 4.69) is 26.8 Å². The van der Waals surface area contributed by atoms with Gasteiger partial charge < -0.3 is 14.5 Å². The lowest BCUT2D eigenvalue weighted by molar-refractivity contribution is -0.116. The Morgan fingerprint density at radius 2 is 1.78 bits per heavy atom. The highest BCUT2D eigenvalue weighted by Crippen LogP contribution is 2.41. The van der Waals surface area contributed by atoms with Crippen molar-refractivity contribution in [3.8, 4) is 17.0 Å². The van der Waals surface area contributed by atoms with Crippen LogP contribution in [0, 0.1) is 11.3 Å². The number of ether oxygens (including phenoxy) is 1. The van der Waals surface area contributed by atoms with Crippen LogP contribution in [0.5, 0.6) is 5.88 Å². The molecule has 5 heterocycles. The van der Waals surface area contributed by atoms with E-state index in [1.54, 1.807) is 30.7 Å². The van der Waals surface area contributed by atoms with E-state index in [0.29, 0.717) is 28.2 Å². The lowest BCUT2D eigenvalue weighted by Crippen LogP contribution is -2.71. The van der Waals surface area contributed by atoms with Crippen molar-refractivity contribution in [2.75, 3.05) is 39.8 Å². The summed E-state index contributed by atoms with van der Waals surface area (Å²) in [7, 11) is 2.20. The number of pyridine rings is 2. The number of nitrogens with zero attached hydrogens (tertiary/aromatic N) is 5. The van der Waals surface area contributed by atoms with E-state index in [4.69, 9.17) is 4.74 Å². The highest BCUT2D eigenvalue weighted by atomic mass is 19.3. The quantitative estimate of drug-likeness (QED) is 0.379. The second-order valence-corrected chi connectivity index (χ2v) is 11.1. The summed E-state index contributed by atoms with van der Waals surface area (Å²) in [6.45, 7) is 3.56.